The highest BCUT2D eigenvalue weighted by molar-refractivity contribution is 5.47. The third kappa shape index (κ3) is 3.54. The van der Waals surface area contributed by atoms with Gasteiger partial charge in [0.2, 0.25) is 5.82 Å². The van der Waals surface area contributed by atoms with Gasteiger partial charge in [-0.3, -0.25) is 9.97 Å². The SMILES string of the molecule is Fc1cc(CNc2cccnc2)cc(-n2nnc(-c3ccccn3)n2)c1. The van der Waals surface area contributed by atoms with E-state index in [9.17, 15) is 4.39 Å². The van der Waals surface area contributed by atoms with Crippen LogP contribution in [-0.2, 0) is 6.54 Å². The zero-order valence-corrected chi connectivity index (χ0v) is 13.6. The first-order valence-corrected chi connectivity index (χ1v) is 7.93. The molecule has 0 saturated carbocycles. The molecule has 3 aromatic heterocycles. The molecule has 0 aliphatic heterocycles. The lowest BCUT2D eigenvalue weighted by Gasteiger charge is -2.08. The Kier molecular flexibility index (Phi) is 4.29. The summed E-state index contributed by atoms with van der Waals surface area (Å²) in [4.78, 5) is 9.51. The van der Waals surface area contributed by atoms with E-state index in [0.29, 0.717) is 23.8 Å². The van der Waals surface area contributed by atoms with Crippen LogP contribution >= 0.6 is 0 Å². The minimum atomic E-state index is -0.373. The predicted molar refractivity (Wildman–Crippen MR) is 93.9 cm³/mol. The van der Waals surface area contributed by atoms with E-state index in [1.165, 1.54) is 16.9 Å². The molecule has 0 bridgehead atoms. The van der Waals surface area contributed by atoms with Crippen LogP contribution in [0.5, 0.6) is 0 Å². The summed E-state index contributed by atoms with van der Waals surface area (Å²) in [7, 11) is 0. The number of aromatic nitrogens is 6. The van der Waals surface area contributed by atoms with E-state index in [1.54, 1.807) is 30.7 Å². The molecule has 3 heterocycles. The number of pyridine rings is 2. The Bertz CT molecular complexity index is 1000. The van der Waals surface area contributed by atoms with Crippen LogP contribution in [0, 0.1) is 5.82 Å². The number of hydrogen-bond acceptors (Lipinski definition) is 6. The Hall–Kier alpha value is -3.68. The van der Waals surface area contributed by atoms with Crippen LogP contribution in [0.4, 0.5) is 10.1 Å². The van der Waals surface area contributed by atoms with Gasteiger partial charge in [0.25, 0.3) is 0 Å². The maximum Gasteiger partial charge on any atom is 0.223 e. The summed E-state index contributed by atoms with van der Waals surface area (Å²) in [5.41, 5.74) is 2.70. The summed E-state index contributed by atoms with van der Waals surface area (Å²) in [6.45, 7) is 0.443. The third-order valence-electron chi connectivity index (χ3n) is 3.64. The highest BCUT2D eigenvalue weighted by Crippen LogP contribution is 2.16. The topological polar surface area (TPSA) is 81.4 Å². The first-order valence-electron chi connectivity index (χ1n) is 7.93. The molecule has 7 nitrogen and oxygen atoms in total. The number of nitrogens with one attached hydrogen (secondary N) is 1. The Morgan fingerprint density at radius 2 is 2.00 bits per heavy atom. The molecule has 128 valence electrons. The van der Waals surface area contributed by atoms with Crippen LogP contribution < -0.4 is 5.32 Å². The lowest BCUT2D eigenvalue weighted by Crippen LogP contribution is -2.04. The van der Waals surface area contributed by atoms with Crippen molar-refractivity contribution in [1.82, 2.24) is 30.2 Å². The summed E-state index contributed by atoms with van der Waals surface area (Å²) >= 11 is 0. The molecule has 0 aliphatic rings. The number of tetrazole rings is 1. The lowest BCUT2D eigenvalue weighted by atomic mass is 10.2. The molecule has 0 amide bonds. The maximum atomic E-state index is 14.0. The molecule has 26 heavy (non-hydrogen) atoms. The van der Waals surface area contributed by atoms with Crippen molar-refractivity contribution in [2.24, 2.45) is 0 Å². The standard InChI is InChI=1S/C18H14FN7/c19-14-8-13(11-22-15-4-3-6-20-12-15)9-16(10-14)26-24-18(23-25-26)17-5-1-2-7-21-17/h1-10,12,22H,11H2. The average Bonchev–Trinajstić information content (AvgIpc) is 3.18. The van der Waals surface area contributed by atoms with Crippen LogP contribution in [-0.4, -0.2) is 30.2 Å². The van der Waals surface area contributed by atoms with E-state index in [4.69, 9.17) is 0 Å². The lowest BCUT2D eigenvalue weighted by molar-refractivity contribution is 0.619. The van der Waals surface area contributed by atoms with Crippen molar-refractivity contribution in [3.63, 3.8) is 0 Å². The smallest absolute Gasteiger partial charge is 0.223 e. The quantitative estimate of drug-likeness (QED) is 0.598. The van der Waals surface area contributed by atoms with Gasteiger partial charge in [-0.25, -0.2) is 4.39 Å². The van der Waals surface area contributed by atoms with Crippen molar-refractivity contribution in [3.05, 3.63) is 78.5 Å². The molecular weight excluding hydrogens is 333 g/mol. The van der Waals surface area contributed by atoms with E-state index in [1.807, 2.05) is 24.3 Å². The van der Waals surface area contributed by atoms with E-state index in [-0.39, 0.29) is 5.82 Å². The molecule has 0 radical (unpaired) electrons. The van der Waals surface area contributed by atoms with Gasteiger partial charge >= 0.3 is 0 Å². The molecule has 0 spiro atoms. The second-order valence-corrected chi connectivity index (χ2v) is 5.53. The van der Waals surface area contributed by atoms with Crippen molar-refractivity contribution in [2.45, 2.75) is 6.54 Å². The first-order chi connectivity index (χ1) is 12.8. The van der Waals surface area contributed by atoms with Crippen molar-refractivity contribution >= 4 is 5.69 Å². The van der Waals surface area contributed by atoms with E-state index >= 15 is 0 Å². The first kappa shape index (κ1) is 15.8. The number of hydrogen-bond donors (Lipinski definition) is 1. The Balaban J connectivity index is 1.57. The molecule has 0 aliphatic carbocycles. The minimum absolute atomic E-state index is 0.373. The van der Waals surface area contributed by atoms with Crippen LogP contribution in [0.3, 0.4) is 0 Å². The van der Waals surface area contributed by atoms with Gasteiger partial charge in [-0.1, -0.05) is 6.07 Å². The van der Waals surface area contributed by atoms with E-state index in [2.05, 4.69) is 30.7 Å². The molecule has 8 heteroatoms. The fourth-order valence-corrected chi connectivity index (χ4v) is 2.44. The highest BCUT2D eigenvalue weighted by atomic mass is 19.1. The monoisotopic (exact) mass is 347 g/mol. The Morgan fingerprint density at radius 1 is 1.04 bits per heavy atom. The van der Waals surface area contributed by atoms with Gasteiger partial charge in [0.05, 0.1) is 11.4 Å². The number of nitrogens with zero attached hydrogens (tertiary/aromatic N) is 6. The normalized spacial score (nSPS) is 10.7. The van der Waals surface area contributed by atoms with Crippen LogP contribution in [0.2, 0.25) is 0 Å². The largest absolute Gasteiger partial charge is 0.380 e. The molecule has 4 aromatic rings. The molecule has 0 fully saturated rings. The summed E-state index contributed by atoms with van der Waals surface area (Å²) in [5.74, 6) is 0.00655. The van der Waals surface area contributed by atoms with Crippen LogP contribution in [0.1, 0.15) is 5.56 Å². The van der Waals surface area contributed by atoms with Crippen LogP contribution in [0.15, 0.2) is 67.1 Å². The summed E-state index contributed by atoms with van der Waals surface area (Å²) in [5, 5.41) is 15.5. The Labute approximate surface area is 148 Å². The van der Waals surface area contributed by atoms with Crippen molar-refractivity contribution in [2.75, 3.05) is 5.32 Å². The fourth-order valence-electron chi connectivity index (χ4n) is 2.44. The molecular formula is C18H14FN7. The molecule has 0 unspecified atom stereocenters. The number of halogens is 1. The average molecular weight is 347 g/mol. The predicted octanol–water partition coefficient (Wildman–Crippen LogP) is 2.87. The second-order valence-electron chi connectivity index (χ2n) is 5.53. The van der Waals surface area contributed by atoms with Gasteiger partial charge in [-0.2, -0.15) is 0 Å². The number of anilines is 1. The zero-order chi connectivity index (χ0) is 17.8. The maximum absolute atomic E-state index is 14.0. The van der Waals surface area contributed by atoms with Crippen molar-refractivity contribution in [3.8, 4) is 17.2 Å². The van der Waals surface area contributed by atoms with Crippen molar-refractivity contribution < 1.29 is 4.39 Å². The Morgan fingerprint density at radius 3 is 2.81 bits per heavy atom. The van der Waals surface area contributed by atoms with E-state index < -0.39 is 0 Å². The van der Waals surface area contributed by atoms with Gasteiger partial charge in [-0.05, 0) is 47.2 Å². The number of benzene rings is 1. The summed E-state index contributed by atoms with van der Waals surface area (Å²) in [6, 6.07) is 13.8. The molecule has 0 atom stereocenters. The molecule has 1 aromatic carbocycles. The van der Waals surface area contributed by atoms with Gasteiger partial charge in [0, 0.05) is 31.2 Å². The minimum Gasteiger partial charge on any atom is -0.380 e. The van der Waals surface area contributed by atoms with Gasteiger partial charge < -0.3 is 5.32 Å². The van der Waals surface area contributed by atoms with E-state index in [0.717, 1.165) is 11.3 Å². The molecule has 0 saturated heterocycles. The molecule has 4 rings (SSSR count). The molecule has 1 N–H and O–H groups in total. The van der Waals surface area contributed by atoms with Gasteiger partial charge in [0.1, 0.15) is 11.5 Å². The second kappa shape index (κ2) is 7.06. The summed E-state index contributed by atoms with van der Waals surface area (Å²) < 4.78 is 14.0. The highest BCUT2D eigenvalue weighted by Gasteiger charge is 2.10. The van der Waals surface area contributed by atoms with Gasteiger partial charge in [0.15, 0.2) is 0 Å². The van der Waals surface area contributed by atoms with Crippen molar-refractivity contribution in [1.29, 1.82) is 0 Å². The zero-order valence-electron chi connectivity index (χ0n) is 13.6. The number of rotatable bonds is 5. The van der Waals surface area contributed by atoms with Crippen LogP contribution in [0.25, 0.3) is 17.2 Å². The summed E-state index contributed by atoms with van der Waals surface area (Å²) in [6.07, 6.45) is 5.06. The third-order valence-corrected chi connectivity index (χ3v) is 3.64. The van der Waals surface area contributed by atoms with Gasteiger partial charge in [-0.15, -0.1) is 15.0 Å². The fraction of sp³-hybridized carbons (Fsp3) is 0.0556.